The van der Waals surface area contributed by atoms with E-state index in [0.29, 0.717) is 18.9 Å². The van der Waals surface area contributed by atoms with Gasteiger partial charge >= 0.3 is 6.18 Å². The van der Waals surface area contributed by atoms with Crippen LogP contribution in [-0.4, -0.2) is 38.8 Å². The summed E-state index contributed by atoms with van der Waals surface area (Å²) in [6.45, 7) is 4.31. The quantitative estimate of drug-likeness (QED) is 0.809. The maximum Gasteiger partial charge on any atom is 0.416 e. The SMILES string of the molecule is Cc1ccc(NCC(=O)Nc2ccc(N3CCOCC3)cc2)cc1C(F)(F)F. The van der Waals surface area contributed by atoms with Crippen LogP contribution in [0.25, 0.3) is 0 Å². The Bertz CT molecular complexity index is 816. The second-order valence-corrected chi connectivity index (χ2v) is 6.58. The molecule has 1 aliphatic rings. The molecule has 1 saturated heterocycles. The number of hydrogen-bond donors (Lipinski definition) is 2. The van der Waals surface area contributed by atoms with Crippen LogP contribution < -0.4 is 15.5 Å². The minimum Gasteiger partial charge on any atom is -0.378 e. The molecule has 1 aliphatic heterocycles. The van der Waals surface area contributed by atoms with Crippen molar-refractivity contribution in [1.82, 2.24) is 0 Å². The maximum absolute atomic E-state index is 13.0. The number of benzene rings is 2. The van der Waals surface area contributed by atoms with Crippen LogP contribution in [-0.2, 0) is 15.7 Å². The Kier molecular flexibility index (Phi) is 6.08. The first kappa shape index (κ1) is 20.0. The predicted octanol–water partition coefficient (Wildman–Crippen LogP) is 3.90. The Hall–Kier alpha value is -2.74. The van der Waals surface area contributed by atoms with Crippen molar-refractivity contribution in [3.63, 3.8) is 0 Å². The number of aryl methyl sites for hydroxylation is 1. The number of halogens is 3. The number of nitrogens with one attached hydrogen (secondary N) is 2. The highest BCUT2D eigenvalue weighted by Gasteiger charge is 2.32. The Labute approximate surface area is 161 Å². The van der Waals surface area contributed by atoms with Gasteiger partial charge in [0.05, 0.1) is 25.3 Å². The van der Waals surface area contributed by atoms with Crippen molar-refractivity contribution in [3.8, 4) is 0 Å². The summed E-state index contributed by atoms with van der Waals surface area (Å²) >= 11 is 0. The van der Waals surface area contributed by atoms with E-state index < -0.39 is 11.7 Å². The van der Waals surface area contributed by atoms with E-state index in [1.807, 2.05) is 12.1 Å². The second kappa shape index (κ2) is 8.52. The minimum absolute atomic E-state index is 0.133. The van der Waals surface area contributed by atoms with Gasteiger partial charge in [0.2, 0.25) is 5.91 Å². The van der Waals surface area contributed by atoms with Gasteiger partial charge in [0, 0.05) is 30.2 Å². The van der Waals surface area contributed by atoms with Gasteiger partial charge in [-0.25, -0.2) is 0 Å². The highest BCUT2D eigenvalue weighted by Crippen LogP contribution is 2.33. The molecule has 0 bridgehead atoms. The van der Waals surface area contributed by atoms with Crippen molar-refractivity contribution in [2.24, 2.45) is 0 Å². The standard InChI is InChI=1S/C20H22F3N3O2/c1-14-2-3-16(12-18(14)20(21,22)23)24-13-19(27)25-15-4-6-17(7-5-15)26-8-10-28-11-9-26/h2-7,12,24H,8-11,13H2,1H3,(H,25,27). The van der Waals surface area contributed by atoms with Gasteiger partial charge in [0.1, 0.15) is 0 Å². The van der Waals surface area contributed by atoms with E-state index in [1.54, 1.807) is 12.1 Å². The van der Waals surface area contributed by atoms with Crippen molar-refractivity contribution >= 4 is 23.0 Å². The number of hydrogen-bond acceptors (Lipinski definition) is 4. The number of nitrogens with zero attached hydrogens (tertiary/aromatic N) is 1. The molecule has 8 heteroatoms. The van der Waals surface area contributed by atoms with Gasteiger partial charge in [-0.15, -0.1) is 0 Å². The summed E-state index contributed by atoms with van der Waals surface area (Å²) in [5.41, 5.74) is 1.36. The lowest BCUT2D eigenvalue weighted by molar-refractivity contribution is -0.138. The molecule has 2 N–H and O–H groups in total. The monoisotopic (exact) mass is 393 g/mol. The summed E-state index contributed by atoms with van der Waals surface area (Å²) in [5.74, 6) is -0.340. The van der Waals surface area contributed by atoms with Gasteiger partial charge in [0.25, 0.3) is 0 Å². The van der Waals surface area contributed by atoms with Crippen molar-refractivity contribution in [3.05, 3.63) is 53.6 Å². The average Bonchev–Trinajstić information content (AvgIpc) is 2.68. The zero-order valence-corrected chi connectivity index (χ0v) is 15.5. The summed E-state index contributed by atoms with van der Waals surface area (Å²) in [7, 11) is 0. The summed E-state index contributed by atoms with van der Waals surface area (Å²) in [6.07, 6.45) is -4.42. The van der Waals surface area contributed by atoms with E-state index in [0.717, 1.165) is 24.8 Å². The average molecular weight is 393 g/mol. The molecule has 1 heterocycles. The maximum atomic E-state index is 13.0. The fourth-order valence-corrected chi connectivity index (χ4v) is 3.00. The van der Waals surface area contributed by atoms with Crippen molar-refractivity contribution in [1.29, 1.82) is 0 Å². The van der Waals surface area contributed by atoms with Crippen LogP contribution in [0.2, 0.25) is 0 Å². The fourth-order valence-electron chi connectivity index (χ4n) is 3.00. The molecular weight excluding hydrogens is 371 g/mol. The molecule has 0 spiro atoms. The summed E-state index contributed by atoms with van der Waals surface area (Å²) in [4.78, 5) is 14.3. The normalized spacial score (nSPS) is 14.6. The minimum atomic E-state index is -4.42. The number of carbonyl (C=O) groups is 1. The highest BCUT2D eigenvalue weighted by molar-refractivity contribution is 5.93. The lowest BCUT2D eigenvalue weighted by Crippen LogP contribution is -2.36. The Morgan fingerprint density at radius 3 is 2.36 bits per heavy atom. The summed E-state index contributed by atoms with van der Waals surface area (Å²) in [5, 5.41) is 5.46. The van der Waals surface area contributed by atoms with E-state index in [2.05, 4.69) is 15.5 Å². The van der Waals surface area contributed by atoms with Crippen LogP contribution in [0, 0.1) is 6.92 Å². The third kappa shape index (κ3) is 5.16. The number of rotatable bonds is 5. The Morgan fingerprint density at radius 1 is 1.07 bits per heavy atom. The molecule has 5 nitrogen and oxygen atoms in total. The van der Waals surface area contributed by atoms with Gasteiger partial charge < -0.3 is 20.3 Å². The first-order chi connectivity index (χ1) is 13.3. The van der Waals surface area contributed by atoms with Gasteiger partial charge in [-0.3, -0.25) is 4.79 Å². The van der Waals surface area contributed by atoms with Gasteiger partial charge in [-0.2, -0.15) is 13.2 Å². The molecule has 0 radical (unpaired) electrons. The molecule has 3 rings (SSSR count). The molecule has 2 aromatic rings. The number of anilines is 3. The van der Waals surface area contributed by atoms with Gasteiger partial charge in [-0.05, 0) is 48.9 Å². The largest absolute Gasteiger partial charge is 0.416 e. The van der Waals surface area contributed by atoms with Crippen LogP contribution in [0.4, 0.5) is 30.2 Å². The molecule has 0 unspecified atom stereocenters. The zero-order valence-electron chi connectivity index (χ0n) is 15.5. The molecule has 0 aromatic heterocycles. The number of ether oxygens (including phenoxy) is 1. The third-order valence-corrected chi connectivity index (χ3v) is 4.52. The van der Waals surface area contributed by atoms with Crippen LogP contribution in [0.5, 0.6) is 0 Å². The third-order valence-electron chi connectivity index (χ3n) is 4.52. The first-order valence-corrected chi connectivity index (χ1v) is 8.97. The molecule has 2 aromatic carbocycles. The lowest BCUT2D eigenvalue weighted by Gasteiger charge is -2.28. The van der Waals surface area contributed by atoms with E-state index in [9.17, 15) is 18.0 Å². The smallest absolute Gasteiger partial charge is 0.378 e. The first-order valence-electron chi connectivity index (χ1n) is 8.97. The van der Waals surface area contributed by atoms with Crippen LogP contribution in [0.15, 0.2) is 42.5 Å². The zero-order chi connectivity index (χ0) is 20.1. The molecule has 1 fully saturated rings. The topological polar surface area (TPSA) is 53.6 Å². The van der Waals surface area contributed by atoms with Crippen molar-refractivity contribution in [2.45, 2.75) is 13.1 Å². The van der Waals surface area contributed by atoms with Crippen LogP contribution >= 0.6 is 0 Å². The van der Waals surface area contributed by atoms with Gasteiger partial charge in [-0.1, -0.05) is 6.07 Å². The molecule has 0 atom stereocenters. The number of alkyl halides is 3. The highest BCUT2D eigenvalue weighted by atomic mass is 19.4. The van der Waals surface area contributed by atoms with E-state index in [-0.39, 0.29) is 23.7 Å². The molecule has 0 saturated carbocycles. The molecular formula is C20H22F3N3O2. The van der Waals surface area contributed by atoms with E-state index >= 15 is 0 Å². The summed E-state index contributed by atoms with van der Waals surface area (Å²) < 4.78 is 44.2. The molecule has 28 heavy (non-hydrogen) atoms. The van der Waals surface area contributed by atoms with E-state index in [4.69, 9.17) is 4.74 Å². The number of amides is 1. The number of morpholine rings is 1. The Balaban J connectivity index is 1.54. The molecule has 150 valence electrons. The Morgan fingerprint density at radius 2 is 1.71 bits per heavy atom. The fraction of sp³-hybridized carbons (Fsp3) is 0.350. The van der Waals surface area contributed by atoms with Crippen LogP contribution in [0.3, 0.4) is 0 Å². The van der Waals surface area contributed by atoms with E-state index in [1.165, 1.54) is 19.1 Å². The van der Waals surface area contributed by atoms with Crippen molar-refractivity contribution < 1.29 is 22.7 Å². The van der Waals surface area contributed by atoms with Crippen LogP contribution in [0.1, 0.15) is 11.1 Å². The summed E-state index contributed by atoms with van der Waals surface area (Å²) in [6, 6.07) is 11.4. The molecule has 0 aliphatic carbocycles. The number of carbonyl (C=O) groups excluding carboxylic acids is 1. The lowest BCUT2D eigenvalue weighted by atomic mass is 10.1. The second-order valence-electron chi connectivity index (χ2n) is 6.58. The van der Waals surface area contributed by atoms with Gasteiger partial charge in [0.15, 0.2) is 0 Å². The van der Waals surface area contributed by atoms with Crippen molar-refractivity contribution in [2.75, 3.05) is 48.4 Å². The predicted molar refractivity (Wildman–Crippen MR) is 103 cm³/mol. The molecule has 1 amide bonds.